The molecule has 4 atom stereocenters. The highest BCUT2D eigenvalue weighted by Crippen LogP contribution is 2.42. The van der Waals surface area contributed by atoms with Crippen molar-refractivity contribution in [1.29, 1.82) is 0 Å². The molecule has 0 spiro atoms. The van der Waals surface area contributed by atoms with Gasteiger partial charge in [-0.25, -0.2) is 0 Å². The lowest BCUT2D eigenvalue weighted by atomic mass is 9.66. The van der Waals surface area contributed by atoms with Gasteiger partial charge in [-0.3, -0.25) is 0 Å². The first-order valence-corrected chi connectivity index (χ1v) is 12.4. The lowest BCUT2D eigenvalue weighted by molar-refractivity contribution is 0.105. The molecule has 1 fully saturated rings. The zero-order chi connectivity index (χ0) is 20.5. The van der Waals surface area contributed by atoms with Gasteiger partial charge in [0.25, 0.3) is 0 Å². The lowest BCUT2D eigenvalue weighted by Crippen LogP contribution is -2.30. The van der Waals surface area contributed by atoms with E-state index in [0.29, 0.717) is 0 Å². The molecule has 1 aliphatic rings. The van der Waals surface area contributed by atoms with Crippen LogP contribution in [0.3, 0.4) is 0 Å². The normalized spacial score (nSPS) is 23.8. The minimum atomic E-state index is 0.896. The van der Waals surface area contributed by atoms with Crippen LogP contribution < -0.4 is 0 Å². The second kappa shape index (κ2) is 18.4. The first-order valence-electron chi connectivity index (χ1n) is 12.4. The second-order valence-electron chi connectivity index (χ2n) is 8.89. The third kappa shape index (κ3) is 11.7. The Balaban J connectivity index is 0. The SMILES string of the molecule is CC.CCC(C)C1CCC(C(C)C)C(CC)C1.CCCC(CC)CCC. The highest BCUT2D eigenvalue weighted by atomic mass is 14.4. The Hall–Kier alpha value is 0. The van der Waals surface area contributed by atoms with E-state index in [0.717, 1.165) is 35.5 Å². The molecule has 0 N–H and O–H groups in total. The minimum absolute atomic E-state index is 0.896. The quantitative estimate of drug-likeness (QED) is 0.380. The summed E-state index contributed by atoms with van der Waals surface area (Å²) < 4.78 is 0. The van der Waals surface area contributed by atoms with Gasteiger partial charge < -0.3 is 0 Å². The van der Waals surface area contributed by atoms with Crippen molar-refractivity contribution in [3.8, 4) is 0 Å². The summed E-state index contributed by atoms with van der Waals surface area (Å²) >= 11 is 0. The van der Waals surface area contributed by atoms with Gasteiger partial charge in [0.1, 0.15) is 0 Å². The molecule has 0 heterocycles. The molecule has 0 heteroatoms. The van der Waals surface area contributed by atoms with Crippen LogP contribution in [0.4, 0.5) is 0 Å². The second-order valence-corrected chi connectivity index (χ2v) is 8.89. The third-order valence-electron chi connectivity index (χ3n) is 6.88. The molecule has 0 saturated heterocycles. The maximum atomic E-state index is 2.45. The largest absolute Gasteiger partial charge is 0.0683 e. The molecular formula is C26H56. The van der Waals surface area contributed by atoms with Gasteiger partial charge in [-0.2, -0.15) is 0 Å². The summed E-state index contributed by atoms with van der Waals surface area (Å²) in [6, 6.07) is 0. The summed E-state index contributed by atoms with van der Waals surface area (Å²) in [5.41, 5.74) is 0. The lowest BCUT2D eigenvalue weighted by Gasteiger charge is -2.40. The van der Waals surface area contributed by atoms with E-state index in [9.17, 15) is 0 Å². The van der Waals surface area contributed by atoms with Gasteiger partial charge in [0.15, 0.2) is 0 Å². The molecule has 1 aliphatic carbocycles. The van der Waals surface area contributed by atoms with Crippen LogP contribution in [0.2, 0.25) is 0 Å². The van der Waals surface area contributed by atoms with Crippen molar-refractivity contribution in [2.75, 3.05) is 0 Å². The van der Waals surface area contributed by atoms with Crippen LogP contribution in [0.25, 0.3) is 0 Å². The maximum Gasteiger partial charge on any atom is -0.0363 e. The van der Waals surface area contributed by atoms with Gasteiger partial charge in [0, 0.05) is 0 Å². The molecule has 0 aromatic carbocycles. The zero-order valence-electron chi connectivity index (χ0n) is 20.5. The van der Waals surface area contributed by atoms with Gasteiger partial charge in [0.05, 0.1) is 0 Å². The molecule has 1 saturated carbocycles. The molecule has 160 valence electrons. The molecule has 0 bridgehead atoms. The highest BCUT2D eigenvalue weighted by molar-refractivity contribution is 4.83. The summed E-state index contributed by atoms with van der Waals surface area (Å²) in [5, 5.41) is 0. The Bertz CT molecular complexity index is 261. The summed E-state index contributed by atoms with van der Waals surface area (Å²) in [4.78, 5) is 0. The summed E-state index contributed by atoms with van der Waals surface area (Å²) in [6.07, 6.45) is 14.2. The summed E-state index contributed by atoms with van der Waals surface area (Å²) in [7, 11) is 0. The van der Waals surface area contributed by atoms with Crippen molar-refractivity contribution in [2.45, 2.75) is 133 Å². The molecule has 0 aromatic heterocycles. The minimum Gasteiger partial charge on any atom is -0.0683 e. The van der Waals surface area contributed by atoms with Crippen LogP contribution in [0, 0.1) is 35.5 Å². The Kier molecular flexibility index (Phi) is 19.9. The molecular weight excluding hydrogens is 312 g/mol. The van der Waals surface area contributed by atoms with E-state index in [1.807, 2.05) is 13.8 Å². The standard InChI is InChI=1S/C15H30.C9H20.C2H6/c1-6-12(5)14-8-9-15(11(3)4)13(7-2)10-14;1-4-7-9(6-3)8-5-2;1-2/h11-15H,6-10H2,1-5H3;9H,4-8H2,1-3H3;1-2H3. The van der Waals surface area contributed by atoms with E-state index in [1.165, 1.54) is 64.2 Å². The fourth-order valence-corrected chi connectivity index (χ4v) is 4.89. The van der Waals surface area contributed by atoms with E-state index < -0.39 is 0 Å². The molecule has 0 nitrogen and oxygen atoms in total. The highest BCUT2D eigenvalue weighted by Gasteiger charge is 2.32. The average Bonchev–Trinajstić information content (AvgIpc) is 2.68. The van der Waals surface area contributed by atoms with Gasteiger partial charge in [-0.05, 0) is 54.8 Å². The fourth-order valence-electron chi connectivity index (χ4n) is 4.89. The maximum absolute atomic E-state index is 2.45. The molecule has 0 aromatic rings. The topological polar surface area (TPSA) is 0 Å². The smallest absolute Gasteiger partial charge is 0.0363 e. The van der Waals surface area contributed by atoms with Gasteiger partial charge in [-0.1, -0.05) is 114 Å². The Labute approximate surface area is 169 Å². The predicted molar refractivity (Wildman–Crippen MR) is 124 cm³/mol. The van der Waals surface area contributed by atoms with E-state index in [2.05, 4.69) is 55.4 Å². The van der Waals surface area contributed by atoms with Gasteiger partial charge >= 0.3 is 0 Å². The van der Waals surface area contributed by atoms with Crippen molar-refractivity contribution >= 4 is 0 Å². The van der Waals surface area contributed by atoms with Crippen molar-refractivity contribution < 1.29 is 0 Å². The van der Waals surface area contributed by atoms with Gasteiger partial charge in [0.2, 0.25) is 0 Å². The van der Waals surface area contributed by atoms with Crippen molar-refractivity contribution in [1.82, 2.24) is 0 Å². The number of rotatable bonds is 9. The van der Waals surface area contributed by atoms with Crippen LogP contribution in [0.5, 0.6) is 0 Å². The van der Waals surface area contributed by atoms with Crippen LogP contribution in [0.15, 0.2) is 0 Å². The molecule has 0 radical (unpaired) electrons. The third-order valence-corrected chi connectivity index (χ3v) is 6.88. The van der Waals surface area contributed by atoms with E-state index >= 15 is 0 Å². The molecule has 26 heavy (non-hydrogen) atoms. The Morgan fingerprint density at radius 3 is 1.65 bits per heavy atom. The Morgan fingerprint density at radius 2 is 1.31 bits per heavy atom. The van der Waals surface area contributed by atoms with Crippen molar-refractivity contribution in [2.24, 2.45) is 35.5 Å². The predicted octanol–water partition coefficient (Wildman–Crippen LogP) is 9.77. The molecule has 4 unspecified atom stereocenters. The number of hydrogen-bond acceptors (Lipinski definition) is 0. The van der Waals surface area contributed by atoms with E-state index in [-0.39, 0.29) is 0 Å². The van der Waals surface area contributed by atoms with E-state index in [1.54, 1.807) is 0 Å². The monoisotopic (exact) mass is 368 g/mol. The van der Waals surface area contributed by atoms with Gasteiger partial charge in [-0.15, -0.1) is 0 Å². The van der Waals surface area contributed by atoms with Crippen LogP contribution in [0.1, 0.15) is 133 Å². The average molecular weight is 369 g/mol. The number of hydrogen-bond donors (Lipinski definition) is 0. The first-order chi connectivity index (χ1) is 12.4. The molecule has 0 amide bonds. The van der Waals surface area contributed by atoms with Crippen LogP contribution >= 0.6 is 0 Å². The summed E-state index contributed by atoms with van der Waals surface area (Å²) in [6.45, 7) is 22.9. The van der Waals surface area contributed by atoms with Crippen molar-refractivity contribution in [3.05, 3.63) is 0 Å². The Morgan fingerprint density at radius 1 is 0.769 bits per heavy atom. The fraction of sp³-hybridized carbons (Fsp3) is 1.00. The van der Waals surface area contributed by atoms with Crippen molar-refractivity contribution in [3.63, 3.8) is 0 Å². The summed E-state index contributed by atoms with van der Waals surface area (Å²) in [5.74, 6) is 5.91. The first kappa shape index (κ1) is 28.2. The van der Waals surface area contributed by atoms with Crippen LogP contribution in [-0.4, -0.2) is 0 Å². The molecule has 1 rings (SSSR count). The molecule has 0 aliphatic heterocycles. The van der Waals surface area contributed by atoms with Crippen LogP contribution in [-0.2, 0) is 0 Å². The van der Waals surface area contributed by atoms with E-state index in [4.69, 9.17) is 0 Å². The zero-order valence-corrected chi connectivity index (χ0v) is 20.5.